The molecule has 6 nitrogen and oxygen atoms in total. The Kier molecular flexibility index (Phi) is 68.6. The van der Waals surface area contributed by atoms with Gasteiger partial charge >= 0.3 is 17.9 Å². The van der Waals surface area contributed by atoms with Crippen molar-refractivity contribution in [2.75, 3.05) is 13.2 Å². The highest BCUT2D eigenvalue weighted by Gasteiger charge is 2.19. The van der Waals surface area contributed by atoms with Gasteiger partial charge in [0.2, 0.25) is 0 Å². The summed E-state index contributed by atoms with van der Waals surface area (Å²) < 4.78 is 16.9. The first-order chi connectivity index (χ1) is 41.0. The molecule has 0 aromatic heterocycles. The van der Waals surface area contributed by atoms with E-state index < -0.39 is 6.10 Å². The van der Waals surface area contributed by atoms with E-state index in [-0.39, 0.29) is 31.1 Å². The third kappa shape index (κ3) is 69.5. The molecule has 0 aliphatic heterocycles. The van der Waals surface area contributed by atoms with Crippen LogP contribution in [0, 0.1) is 0 Å². The van der Waals surface area contributed by atoms with Crippen molar-refractivity contribution in [2.24, 2.45) is 0 Å². The number of ether oxygens (including phenoxy) is 3. The Labute approximate surface area is 516 Å². The minimum Gasteiger partial charge on any atom is -0.462 e. The van der Waals surface area contributed by atoms with Gasteiger partial charge in [-0.05, 0) is 70.6 Å². The molecule has 0 rings (SSSR count). The van der Waals surface area contributed by atoms with Crippen molar-refractivity contribution in [1.29, 1.82) is 0 Å². The molecule has 0 saturated heterocycles. The number of hydrogen-bond acceptors (Lipinski definition) is 6. The molecule has 0 radical (unpaired) electrons. The van der Waals surface area contributed by atoms with E-state index in [4.69, 9.17) is 14.2 Å². The van der Waals surface area contributed by atoms with Crippen LogP contribution in [-0.2, 0) is 28.6 Å². The van der Waals surface area contributed by atoms with Crippen LogP contribution in [0.3, 0.4) is 0 Å². The van der Waals surface area contributed by atoms with Crippen molar-refractivity contribution in [2.45, 2.75) is 386 Å². The molecule has 0 N–H and O–H groups in total. The molecule has 6 heteroatoms. The highest BCUT2D eigenvalue weighted by atomic mass is 16.6. The summed E-state index contributed by atoms with van der Waals surface area (Å²) in [5.74, 6) is -0.897. The Hall–Kier alpha value is -3.15. The molecule has 0 amide bonds. The van der Waals surface area contributed by atoms with E-state index in [0.717, 1.165) is 109 Å². The van der Waals surface area contributed by atoms with E-state index in [1.54, 1.807) is 0 Å². The predicted octanol–water partition coefficient (Wildman–Crippen LogP) is 25.2. The minimum absolute atomic E-state index is 0.0824. The first kappa shape index (κ1) is 79.8. The van der Waals surface area contributed by atoms with Crippen LogP contribution in [0.4, 0.5) is 0 Å². The zero-order valence-electron chi connectivity index (χ0n) is 55.5. The average molecular weight is 1160 g/mol. The summed E-state index contributed by atoms with van der Waals surface area (Å²) in [7, 11) is 0. The molecule has 1 unspecified atom stereocenters. The molecular weight excluding hydrogens is 1020 g/mol. The van der Waals surface area contributed by atoms with Crippen LogP contribution in [0.25, 0.3) is 0 Å². The van der Waals surface area contributed by atoms with Crippen molar-refractivity contribution in [3.8, 4) is 0 Å². The molecule has 0 spiro atoms. The van der Waals surface area contributed by atoms with Crippen LogP contribution in [-0.4, -0.2) is 37.2 Å². The van der Waals surface area contributed by atoms with Gasteiger partial charge in [-0.15, -0.1) is 0 Å². The first-order valence-corrected chi connectivity index (χ1v) is 36.4. The second-order valence-corrected chi connectivity index (χ2v) is 24.5. The van der Waals surface area contributed by atoms with Crippen molar-refractivity contribution >= 4 is 17.9 Å². The van der Waals surface area contributed by atoms with Crippen LogP contribution in [0.5, 0.6) is 0 Å². The van der Waals surface area contributed by atoms with Gasteiger partial charge in [-0.1, -0.05) is 363 Å². The van der Waals surface area contributed by atoms with E-state index in [2.05, 4.69) is 93.7 Å². The van der Waals surface area contributed by atoms with Crippen molar-refractivity contribution in [3.63, 3.8) is 0 Å². The number of rotatable bonds is 67. The summed E-state index contributed by atoms with van der Waals surface area (Å²) in [4.78, 5) is 38.2. The molecular formula is C77H138O6. The molecule has 0 fully saturated rings. The highest BCUT2D eigenvalue weighted by molar-refractivity contribution is 5.71. The Balaban J connectivity index is 4.00. The maximum atomic E-state index is 12.9. The second kappa shape index (κ2) is 71.3. The van der Waals surface area contributed by atoms with Gasteiger partial charge in [0.1, 0.15) is 13.2 Å². The normalized spacial score (nSPS) is 12.5. The number of allylic oxidation sites excluding steroid dienone is 12. The van der Waals surface area contributed by atoms with Crippen molar-refractivity contribution in [3.05, 3.63) is 72.9 Å². The number of carbonyl (C=O) groups excluding carboxylic acids is 3. The number of carbonyl (C=O) groups is 3. The zero-order chi connectivity index (χ0) is 59.9. The molecule has 482 valence electrons. The molecule has 0 bridgehead atoms. The summed E-state index contributed by atoms with van der Waals surface area (Å²) in [5.41, 5.74) is 0. The van der Waals surface area contributed by atoms with Gasteiger partial charge in [-0.3, -0.25) is 14.4 Å². The van der Waals surface area contributed by atoms with Gasteiger partial charge in [-0.2, -0.15) is 0 Å². The molecule has 83 heavy (non-hydrogen) atoms. The highest BCUT2D eigenvalue weighted by Crippen LogP contribution is 2.19. The number of unbranched alkanes of at least 4 members (excludes halogenated alkanes) is 44. The van der Waals surface area contributed by atoms with E-state index >= 15 is 0 Å². The minimum atomic E-state index is -0.787. The number of hydrogen-bond donors (Lipinski definition) is 0. The number of esters is 3. The third-order valence-corrected chi connectivity index (χ3v) is 16.2. The maximum Gasteiger partial charge on any atom is 0.306 e. The first-order valence-electron chi connectivity index (χ1n) is 36.4. The van der Waals surface area contributed by atoms with Crippen LogP contribution >= 0.6 is 0 Å². The monoisotopic (exact) mass is 1160 g/mol. The van der Waals surface area contributed by atoms with Crippen LogP contribution in [0.1, 0.15) is 380 Å². The molecule has 0 saturated carbocycles. The summed E-state index contributed by atoms with van der Waals surface area (Å²) in [5, 5.41) is 0. The van der Waals surface area contributed by atoms with E-state index in [1.165, 1.54) is 231 Å². The maximum absolute atomic E-state index is 12.9. The average Bonchev–Trinajstić information content (AvgIpc) is 3.50. The summed E-state index contributed by atoms with van der Waals surface area (Å²) in [6, 6.07) is 0. The molecule has 0 aliphatic carbocycles. The van der Waals surface area contributed by atoms with Gasteiger partial charge in [0.15, 0.2) is 6.10 Å². The predicted molar refractivity (Wildman–Crippen MR) is 362 cm³/mol. The molecule has 0 aromatic rings. The molecule has 0 heterocycles. The van der Waals surface area contributed by atoms with Crippen LogP contribution < -0.4 is 0 Å². The third-order valence-electron chi connectivity index (χ3n) is 16.2. The van der Waals surface area contributed by atoms with Crippen molar-refractivity contribution < 1.29 is 28.6 Å². The lowest BCUT2D eigenvalue weighted by atomic mass is 10.0. The fraction of sp³-hybridized carbons (Fsp3) is 0.805. The van der Waals surface area contributed by atoms with E-state index in [9.17, 15) is 14.4 Å². The lowest BCUT2D eigenvalue weighted by Gasteiger charge is -2.18. The van der Waals surface area contributed by atoms with E-state index in [1.807, 2.05) is 0 Å². The topological polar surface area (TPSA) is 78.9 Å². The SMILES string of the molecule is CC/C=C\C/C=C\C/C=C\C/C=C\C/C=C\C/C=C\CCCCCCC(=O)OC(COC(=O)CCCCCCCCC)COC(=O)CCCCCCCCCCCCCCCCCCCCCCCCCCCCCCCCCCCCC. The van der Waals surface area contributed by atoms with Crippen LogP contribution in [0.2, 0.25) is 0 Å². The largest absolute Gasteiger partial charge is 0.462 e. The van der Waals surface area contributed by atoms with Crippen LogP contribution in [0.15, 0.2) is 72.9 Å². The van der Waals surface area contributed by atoms with Gasteiger partial charge in [0, 0.05) is 19.3 Å². The quantitative estimate of drug-likeness (QED) is 0.0261. The molecule has 0 aromatic carbocycles. The standard InChI is InChI=1S/C77H138O6/c1-4-7-10-13-16-18-20-22-24-26-28-30-32-33-34-35-36-37-38-39-40-41-42-43-45-46-48-50-52-54-56-58-61-64-67-70-76(79)82-73-74(72-81-75(78)69-66-63-60-15-12-9-6-3)83-77(80)71-68-65-62-59-57-55-53-51-49-47-44-31-29-27-25-23-21-19-17-14-11-8-5-2/h8,11,17,19,23,25,29,31,47,49,53,55,74H,4-7,9-10,12-16,18,20-22,24,26-28,30,32-46,48,50-52,54,56-73H2,1-3H3/b11-8-,19-17-,25-23-,31-29-,49-47-,55-53-. The Morgan fingerprint density at radius 1 is 0.253 bits per heavy atom. The van der Waals surface area contributed by atoms with Gasteiger partial charge < -0.3 is 14.2 Å². The fourth-order valence-electron chi connectivity index (χ4n) is 10.8. The lowest BCUT2D eigenvalue weighted by molar-refractivity contribution is -0.167. The Morgan fingerprint density at radius 3 is 0.735 bits per heavy atom. The summed E-state index contributed by atoms with van der Waals surface area (Å²) in [6.07, 6.45) is 94.2. The second-order valence-electron chi connectivity index (χ2n) is 24.5. The molecule has 0 aliphatic rings. The Bertz CT molecular complexity index is 1520. The lowest BCUT2D eigenvalue weighted by Crippen LogP contribution is -2.30. The summed E-state index contributed by atoms with van der Waals surface area (Å²) in [6.45, 7) is 6.51. The van der Waals surface area contributed by atoms with E-state index in [0.29, 0.717) is 19.3 Å². The van der Waals surface area contributed by atoms with Gasteiger partial charge in [0.25, 0.3) is 0 Å². The zero-order valence-corrected chi connectivity index (χ0v) is 55.5. The molecule has 1 atom stereocenters. The smallest absolute Gasteiger partial charge is 0.306 e. The Morgan fingerprint density at radius 2 is 0.470 bits per heavy atom. The summed E-state index contributed by atoms with van der Waals surface area (Å²) >= 11 is 0. The fourth-order valence-corrected chi connectivity index (χ4v) is 10.8. The van der Waals surface area contributed by atoms with Gasteiger partial charge in [-0.25, -0.2) is 0 Å². The van der Waals surface area contributed by atoms with Crippen molar-refractivity contribution in [1.82, 2.24) is 0 Å². The van der Waals surface area contributed by atoms with Gasteiger partial charge in [0.05, 0.1) is 0 Å².